The van der Waals surface area contributed by atoms with E-state index in [9.17, 15) is 0 Å². The van der Waals surface area contributed by atoms with E-state index in [0.717, 1.165) is 0 Å². The summed E-state index contributed by atoms with van der Waals surface area (Å²) >= 11 is 0. The minimum absolute atomic E-state index is 0.676. The number of allylic oxidation sites excluding steroid dienone is 6. The van der Waals surface area contributed by atoms with Gasteiger partial charge in [0.05, 0.1) is 0 Å². The summed E-state index contributed by atoms with van der Waals surface area (Å²) < 4.78 is 0. The van der Waals surface area contributed by atoms with Gasteiger partial charge in [0.15, 0.2) is 0 Å². The van der Waals surface area contributed by atoms with E-state index in [1.165, 1.54) is 30.4 Å². The fourth-order valence-electron chi connectivity index (χ4n) is 1.90. The molecule has 0 aliphatic heterocycles. The Balaban J connectivity index is 2.29. The molecule has 0 fully saturated rings. The van der Waals surface area contributed by atoms with Crippen LogP contribution in [0.2, 0.25) is 0 Å². The van der Waals surface area contributed by atoms with E-state index >= 15 is 0 Å². The molecule has 12 heavy (non-hydrogen) atoms. The van der Waals surface area contributed by atoms with Gasteiger partial charge in [-0.2, -0.15) is 0 Å². The van der Waals surface area contributed by atoms with E-state index in [2.05, 4.69) is 34.4 Å². The molecular formula is C11H15P. The van der Waals surface area contributed by atoms with Crippen molar-refractivity contribution in [3.05, 3.63) is 34.9 Å². The first kappa shape index (κ1) is 8.26. The zero-order chi connectivity index (χ0) is 8.55. The van der Waals surface area contributed by atoms with Crippen molar-refractivity contribution in [1.29, 1.82) is 0 Å². The van der Waals surface area contributed by atoms with Crippen LogP contribution in [0.3, 0.4) is 0 Å². The second-order valence-corrected chi connectivity index (χ2v) is 4.63. The molecule has 1 heteroatoms. The molecule has 0 aromatic carbocycles. The predicted octanol–water partition coefficient (Wildman–Crippen LogP) is 3.23. The third-order valence-corrected chi connectivity index (χ3v) is 3.09. The Morgan fingerprint density at radius 2 is 2.25 bits per heavy atom. The molecule has 0 nitrogen and oxygen atoms in total. The normalized spacial score (nSPS) is 28.5. The van der Waals surface area contributed by atoms with E-state index in [-0.39, 0.29) is 0 Å². The third kappa shape index (κ3) is 1.54. The maximum absolute atomic E-state index is 2.89. The van der Waals surface area contributed by atoms with Crippen LogP contribution in [0, 0.1) is 0 Å². The first-order valence-corrected chi connectivity index (χ1v) is 5.25. The van der Waals surface area contributed by atoms with Crippen LogP contribution < -0.4 is 0 Å². The van der Waals surface area contributed by atoms with E-state index in [1.54, 1.807) is 5.57 Å². The largest absolute Gasteiger partial charge is 0.130 e. The van der Waals surface area contributed by atoms with Gasteiger partial charge in [0.2, 0.25) is 0 Å². The highest BCUT2D eigenvalue weighted by molar-refractivity contribution is 7.17. The lowest BCUT2D eigenvalue weighted by Gasteiger charge is -2.22. The maximum atomic E-state index is 2.89. The van der Waals surface area contributed by atoms with Crippen LogP contribution in [0.15, 0.2) is 34.9 Å². The predicted molar refractivity (Wildman–Crippen MR) is 57.3 cm³/mol. The van der Waals surface area contributed by atoms with Crippen LogP contribution in [-0.4, -0.2) is 5.66 Å². The summed E-state index contributed by atoms with van der Waals surface area (Å²) in [5, 5.41) is 0. The quantitative estimate of drug-likeness (QED) is 0.499. The molecule has 2 aliphatic rings. The third-order valence-electron chi connectivity index (χ3n) is 2.64. The summed E-state index contributed by atoms with van der Waals surface area (Å²) in [7, 11) is 2.89. The van der Waals surface area contributed by atoms with Gasteiger partial charge in [-0.25, -0.2) is 0 Å². The van der Waals surface area contributed by atoms with Crippen molar-refractivity contribution in [3.8, 4) is 0 Å². The Morgan fingerprint density at radius 3 is 3.08 bits per heavy atom. The highest BCUT2D eigenvalue weighted by Gasteiger charge is 2.14. The SMILES string of the molecule is CC1=CC2=C(CC1)CC(P)C=C2. The van der Waals surface area contributed by atoms with Gasteiger partial charge in [0.1, 0.15) is 0 Å². The van der Waals surface area contributed by atoms with E-state index in [0.29, 0.717) is 5.66 Å². The summed E-state index contributed by atoms with van der Waals surface area (Å²) in [4.78, 5) is 0. The molecule has 0 N–H and O–H groups in total. The van der Waals surface area contributed by atoms with Crippen LogP contribution in [0.4, 0.5) is 0 Å². The van der Waals surface area contributed by atoms with Gasteiger partial charge in [-0.3, -0.25) is 0 Å². The molecule has 0 aromatic rings. The summed E-state index contributed by atoms with van der Waals surface area (Å²) in [6.45, 7) is 2.23. The van der Waals surface area contributed by atoms with Crippen LogP contribution in [-0.2, 0) is 0 Å². The minimum Gasteiger partial charge on any atom is -0.130 e. The number of hydrogen-bond donors (Lipinski definition) is 0. The van der Waals surface area contributed by atoms with Gasteiger partial charge in [0, 0.05) is 0 Å². The highest BCUT2D eigenvalue weighted by atomic mass is 31.0. The zero-order valence-corrected chi connectivity index (χ0v) is 8.66. The molecule has 2 rings (SSSR count). The fraction of sp³-hybridized carbons (Fsp3) is 0.455. The van der Waals surface area contributed by atoms with Gasteiger partial charge < -0.3 is 0 Å². The molecule has 2 atom stereocenters. The molecule has 0 bridgehead atoms. The molecule has 0 heterocycles. The molecule has 0 aromatic heterocycles. The summed E-state index contributed by atoms with van der Waals surface area (Å²) in [6, 6.07) is 0. The van der Waals surface area contributed by atoms with Crippen LogP contribution >= 0.6 is 9.24 Å². The lowest BCUT2D eigenvalue weighted by atomic mass is 9.87. The van der Waals surface area contributed by atoms with Gasteiger partial charge in [-0.05, 0) is 37.4 Å². The van der Waals surface area contributed by atoms with Crippen molar-refractivity contribution in [1.82, 2.24) is 0 Å². The van der Waals surface area contributed by atoms with Crippen molar-refractivity contribution in [2.45, 2.75) is 31.8 Å². The van der Waals surface area contributed by atoms with Crippen molar-refractivity contribution in [2.75, 3.05) is 0 Å². The highest BCUT2D eigenvalue weighted by Crippen LogP contribution is 2.32. The zero-order valence-electron chi connectivity index (χ0n) is 7.51. The molecule has 0 saturated heterocycles. The lowest BCUT2D eigenvalue weighted by Crippen LogP contribution is -2.06. The second-order valence-electron chi connectivity index (χ2n) is 3.78. The molecule has 2 unspecified atom stereocenters. The molecule has 0 spiro atoms. The monoisotopic (exact) mass is 178 g/mol. The van der Waals surface area contributed by atoms with Crippen molar-refractivity contribution in [3.63, 3.8) is 0 Å². The average molecular weight is 178 g/mol. The van der Waals surface area contributed by atoms with Gasteiger partial charge >= 0.3 is 0 Å². The number of rotatable bonds is 0. The molecule has 0 saturated carbocycles. The van der Waals surface area contributed by atoms with Crippen molar-refractivity contribution >= 4 is 9.24 Å². The van der Waals surface area contributed by atoms with E-state index < -0.39 is 0 Å². The van der Waals surface area contributed by atoms with Crippen LogP contribution in [0.1, 0.15) is 26.2 Å². The maximum Gasteiger partial charge on any atom is -0.00450 e. The standard InChI is InChI=1S/C11H15P/c1-8-2-3-10-7-11(12)5-4-9(10)6-8/h4-6,11H,2-3,7,12H2,1H3. The van der Waals surface area contributed by atoms with Gasteiger partial charge in [-0.1, -0.05) is 29.4 Å². The Kier molecular flexibility index (Phi) is 2.19. The molecule has 0 amide bonds. The Hall–Kier alpha value is -0.350. The summed E-state index contributed by atoms with van der Waals surface area (Å²) in [5.41, 5.74) is 5.34. The molecule has 0 radical (unpaired) electrons. The Morgan fingerprint density at radius 1 is 1.42 bits per heavy atom. The average Bonchev–Trinajstić information content (AvgIpc) is 2.05. The van der Waals surface area contributed by atoms with E-state index in [1.807, 2.05) is 0 Å². The Bertz CT molecular complexity index is 281. The molecular weight excluding hydrogens is 163 g/mol. The van der Waals surface area contributed by atoms with Crippen LogP contribution in [0.25, 0.3) is 0 Å². The molecule has 64 valence electrons. The molecule has 2 aliphatic carbocycles. The topological polar surface area (TPSA) is 0 Å². The lowest BCUT2D eigenvalue weighted by molar-refractivity contribution is 0.813. The summed E-state index contributed by atoms with van der Waals surface area (Å²) in [5.74, 6) is 0. The fourth-order valence-corrected chi connectivity index (χ4v) is 2.29. The summed E-state index contributed by atoms with van der Waals surface area (Å²) in [6.07, 6.45) is 10.7. The second kappa shape index (κ2) is 3.18. The Labute approximate surface area is 76.6 Å². The smallest absolute Gasteiger partial charge is 0.00450 e. The van der Waals surface area contributed by atoms with E-state index in [4.69, 9.17) is 0 Å². The first-order chi connectivity index (χ1) is 5.75. The van der Waals surface area contributed by atoms with Crippen molar-refractivity contribution < 1.29 is 0 Å². The minimum atomic E-state index is 0.676. The van der Waals surface area contributed by atoms with Crippen molar-refractivity contribution in [2.24, 2.45) is 0 Å². The van der Waals surface area contributed by atoms with Crippen LogP contribution in [0.5, 0.6) is 0 Å². The van der Waals surface area contributed by atoms with Gasteiger partial charge in [-0.15, -0.1) is 9.24 Å². The van der Waals surface area contributed by atoms with Gasteiger partial charge in [0.25, 0.3) is 0 Å². The first-order valence-electron chi connectivity index (χ1n) is 4.58. The number of hydrogen-bond acceptors (Lipinski definition) is 0.